The molecule has 0 aliphatic rings. The van der Waals surface area contributed by atoms with Gasteiger partial charge in [0.1, 0.15) is 6.69 Å². The van der Waals surface area contributed by atoms with Crippen LogP contribution in [0, 0.1) is 0 Å². The van der Waals surface area contributed by atoms with E-state index in [1.54, 1.807) is 0 Å². The molecule has 0 unspecified atom stereocenters. The molecule has 0 saturated heterocycles. The molecular weight excluding hydrogens is 806 g/mol. The number of hydrogen-bond donors (Lipinski definition) is 0. The Kier molecular flexibility index (Phi) is 11.2. The predicted molar refractivity (Wildman–Crippen MR) is 101 cm³/mol. The van der Waals surface area contributed by atoms with Crippen LogP contribution >= 0.6 is 15.3 Å². The Bertz CT molecular complexity index is 955. The van der Waals surface area contributed by atoms with E-state index in [4.69, 9.17) is 0 Å². The second-order valence-corrected chi connectivity index (χ2v) is 19.0. The molecule has 0 radical (unpaired) electrons. The van der Waals surface area contributed by atoms with E-state index in [0.29, 0.717) is 0 Å². The Morgan fingerprint density at radius 1 is 0.333 bits per heavy atom. The Morgan fingerprint density at radius 3 is 0.689 bits per heavy atom. The second kappa shape index (κ2) is 11.5. The van der Waals surface area contributed by atoms with Crippen LogP contribution in [0.15, 0.2) is 0 Å². The number of alkyl halides is 26. The van der Waals surface area contributed by atoms with E-state index in [-0.39, 0.29) is 6.55 Å². The van der Waals surface area contributed by atoms with E-state index >= 15 is 0 Å². The van der Waals surface area contributed by atoms with Gasteiger partial charge in [0.05, 0.1) is 0 Å². The molecule has 0 fully saturated rings. The summed E-state index contributed by atoms with van der Waals surface area (Å²) >= 11 is 2.09. The van der Waals surface area contributed by atoms with Crippen molar-refractivity contribution < 1.29 is 114 Å². The minimum atomic E-state index is -8.32. The zero-order chi connectivity index (χ0) is 37.3. The molecule has 272 valence electrons. The summed E-state index contributed by atoms with van der Waals surface area (Å²) in [5.74, 6) is -78.7. The van der Waals surface area contributed by atoms with E-state index in [1.807, 2.05) is 0 Å². The van der Waals surface area contributed by atoms with Crippen LogP contribution in [0.1, 0.15) is 12.8 Å². The van der Waals surface area contributed by atoms with Crippen molar-refractivity contribution in [3.63, 3.8) is 0 Å². The fourth-order valence-electron chi connectivity index (χ4n) is 2.88. The van der Waals surface area contributed by atoms with E-state index in [2.05, 4.69) is 15.3 Å². The van der Waals surface area contributed by atoms with Crippen molar-refractivity contribution >= 4 is 22.0 Å². The molecule has 0 spiro atoms. The van der Waals surface area contributed by atoms with Crippen LogP contribution < -0.4 is 0 Å². The molecular formula is C17H11BrF26Si. The highest BCUT2D eigenvalue weighted by molar-refractivity contribution is 9.26. The number of rotatable bonds is 14. The fraction of sp³-hybridized carbons (Fsp3) is 1.00. The third-order valence-electron chi connectivity index (χ3n) is 5.92. The highest BCUT2D eigenvalue weighted by atomic mass is 79.9. The molecule has 0 heterocycles. The van der Waals surface area contributed by atoms with Crippen LogP contribution in [-0.2, 0) is 0 Å². The van der Waals surface area contributed by atoms with E-state index < -0.39 is 103 Å². The van der Waals surface area contributed by atoms with Crippen molar-refractivity contribution in [2.45, 2.75) is 103 Å². The highest BCUT2D eigenvalue weighted by Crippen LogP contribution is 2.63. The Labute approximate surface area is 240 Å². The maximum absolute atomic E-state index is 13.9. The van der Waals surface area contributed by atoms with Gasteiger partial charge in [-0.2, -0.15) is 114 Å². The van der Waals surface area contributed by atoms with Crippen LogP contribution in [0.25, 0.3) is 0 Å². The fourth-order valence-corrected chi connectivity index (χ4v) is 5.99. The first kappa shape index (κ1) is 43.9. The molecule has 0 aromatic heterocycles. The number of hydrogen-bond acceptors (Lipinski definition) is 0. The highest BCUT2D eigenvalue weighted by Gasteiger charge is 2.92. The maximum Gasteiger partial charge on any atom is 0.460 e. The van der Waals surface area contributed by atoms with Crippen molar-refractivity contribution in [2.24, 2.45) is 0 Å². The lowest BCUT2D eigenvalue weighted by Gasteiger charge is -2.40. The van der Waals surface area contributed by atoms with Gasteiger partial charge in [0.25, 0.3) is 0 Å². The summed E-state index contributed by atoms with van der Waals surface area (Å²) < 4.78 is 341. The van der Waals surface area contributed by atoms with Gasteiger partial charge in [-0.3, -0.25) is 0 Å². The molecule has 0 aromatic carbocycles. The summed E-state index contributed by atoms with van der Waals surface area (Å²) in [4.78, 5) is 0. The van der Waals surface area contributed by atoms with Crippen LogP contribution in [0.2, 0.25) is 18.6 Å². The molecule has 0 aliphatic heterocycles. The SMILES string of the molecule is C[Si](Br)(CCC(F)(F)C(F)(F)C(F)(F)C(F)(F)C(F)(F)C(F)(F)F)CCC(F)(F)C(F)(F)C(F)(F)C(F)(F)C(F)(F)C(F)(F)F. The Balaban J connectivity index is 6.20. The lowest BCUT2D eigenvalue weighted by molar-refractivity contribution is -0.440. The Morgan fingerprint density at radius 2 is 0.511 bits per heavy atom. The maximum atomic E-state index is 13.9. The Hall–Kier alpha value is -1.12. The average molecular weight is 817 g/mol. The van der Waals surface area contributed by atoms with Gasteiger partial charge in [0, 0.05) is 12.8 Å². The molecule has 0 amide bonds. The minimum Gasteiger partial charge on any atom is -0.200 e. The van der Waals surface area contributed by atoms with Gasteiger partial charge in [-0.1, -0.05) is 6.55 Å². The van der Waals surface area contributed by atoms with Gasteiger partial charge in [-0.15, -0.1) is 15.3 Å². The first-order valence-electron chi connectivity index (χ1n) is 10.5. The third kappa shape index (κ3) is 6.77. The van der Waals surface area contributed by atoms with E-state index in [9.17, 15) is 114 Å². The second-order valence-electron chi connectivity index (χ2n) is 9.41. The number of halogens is 27. The topological polar surface area (TPSA) is 0 Å². The molecule has 0 aromatic rings. The normalized spacial score (nSPS) is 16.8. The molecule has 0 rings (SSSR count). The summed E-state index contributed by atoms with van der Waals surface area (Å²) in [5.41, 5.74) is 0. The van der Waals surface area contributed by atoms with Gasteiger partial charge in [0.2, 0.25) is 0 Å². The largest absolute Gasteiger partial charge is 0.460 e. The summed E-state index contributed by atoms with van der Waals surface area (Å²) in [6.45, 7) is -4.52. The van der Waals surface area contributed by atoms with Gasteiger partial charge in [-0.05, 0) is 12.1 Å². The van der Waals surface area contributed by atoms with Crippen LogP contribution in [0.4, 0.5) is 114 Å². The van der Waals surface area contributed by atoms with Crippen molar-refractivity contribution in [1.82, 2.24) is 0 Å². The average Bonchev–Trinajstić information content (AvgIpc) is 2.79. The summed E-state index contributed by atoms with van der Waals surface area (Å²) in [7, 11) is 0. The van der Waals surface area contributed by atoms with Gasteiger partial charge < -0.3 is 0 Å². The van der Waals surface area contributed by atoms with Crippen LogP contribution in [0.3, 0.4) is 0 Å². The van der Waals surface area contributed by atoms with Gasteiger partial charge >= 0.3 is 71.6 Å². The van der Waals surface area contributed by atoms with Crippen LogP contribution in [0.5, 0.6) is 0 Å². The molecule has 0 bridgehead atoms. The monoisotopic (exact) mass is 816 g/mol. The summed E-state index contributed by atoms with van der Waals surface area (Å²) in [5, 5.41) is 0. The van der Waals surface area contributed by atoms with Gasteiger partial charge in [0.15, 0.2) is 0 Å². The zero-order valence-corrected chi connectivity index (χ0v) is 23.1. The quantitative estimate of drug-likeness (QED) is 0.0931. The van der Waals surface area contributed by atoms with Crippen molar-refractivity contribution in [1.29, 1.82) is 0 Å². The third-order valence-corrected chi connectivity index (χ3v) is 10.9. The summed E-state index contributed by atoms with van der Waals surface area (Å²) in [6, 6.07) is -4.15. The predicted octanol–water partition coefficient (Wildman–Crippen LogP) is 11.2. The van der Waals surface area contributed by atoms with Crippen molar-refractivity contribution in [2.75, 3.05) is 0 Å². The molecule has 0 saturated carbocycles. The minimum absolute atomic E-state index is 0.241. The van der Waals surface area contributed by atoms with E-state index in [1.165, 1.54) is 0 Å². The van der Waals surface area contributed by atoms with E-state index in [0.717, 1.165) is 0 Å². The van der Waals surface area contributed by atoms with Crippen LogP contribution in [-0.4, -0.2) is 78.3 Å². The smallest absolute Gasteiger partial charge is 0.200 e. The standard InChI is InChI=1S/C17H11BrF26Si/c1-45(18,4-2-6(19,20)8(23,24)10(27,28)12(31,32)14(35,36)16(39,40)41)5-3-7(21,22)9(25,26)11(29,30)13(33,34)15(37,38)17(42,43)44/h2-5H2,1H3. The first-order valence-corrected chi connectivity index (χ1v) is 15.7. The lowest BCUT2D eigenvalue weighted by Crippen LogP contribution is -2.70. The molecule has 28 heteroatoms. The van der Waals surface area contributed by atoms with Crippen molar-refractivity contribution in [3.8, 4) is 0 Å². The summed E-state index contributed by atoms with van der Waals surface area (Å²) in [6.07, 6.45) is -21.6. The lowest BCUT2D eigenvalue weighted by atomic mass is 9.93. The van der Waals surface area contributed by atoms with Crippen molar-refractivity contribution in [3.05, 3.63) is 0 Å². The molecule has 0 nitrogen and oxygen atoms in total. The van der Waals surface area contributed by atoms with Gasteiger partial charge in [-0.25, -0.2) is 0 Å². The molecule has 45 heavy (non-hydrogen) atoms. The zero-order valence-electron chi connectivity index (χ0n) is 20.5. The first-order chi connectivity index (χ1) is 18.9. The molecule has 0 atom stereocenters. The molecule has 0 aliphatic carbocycles. The molecule has 0 N–H and O–H groups in total.